The van der Waals surface area contributed by atoms with Crippen LogP contribution in [0.15, 0.2) is 34.1 Å². The number of aromatic nitrogens is 2. The lowest BCUT2D eigenvalue weighted by atomic mass is 10.0. The summed E-state index contributed by atoms with van der Waals surface area (Å²) in [5, 5.41) is 7.61. The highest BCUT2D eigenvalue weighted by molar-refractivity contribution is 9.10. The fourth-order valence-corrected chi connectivity index (χ4v) is 5.25. The van der Waals surface area contributed by atoms with Crippen LogP contribution < -0.4 is 0 Å². The van der Waals surface area contributed by atoms with E-state index in [0.29, 0.717) is 11.7 Å². The first-order valence-electron chi connectivity index (χ1n) is 8.81. The van der Waals surface area contributed by atoms with Gasteiger partial charge in [0.15, 0.2) is 0 Å². The maximum absolute atomic E-state index is 13.0. The number of benzene rings is 1. The molecule has 0 N–H and O–H groups in total. The SMILES string of the molecule is Cn1nc2cc(Br)ccc2c1C(=O)N1CC(N2CCc3sccc3C2)C1. The third-order valence-electron chi connectivity index (χ3n) is 5.50. The largest absolute Gasteiger partial charge is 0.334 e. The summed E-state index contributed by atoms with van der Waals surface area (Å²) >= 11 is 5.34. The third-order valence-corrected chi connectivity index (χ3v) is 7.02. The number of carbonyl (C=O) groups excluding carboxylic acids is 1. The van der Waals surface area contributed by atoms with Crippen LogP contribution in [0, 0.1) is 0 Å². The zero-order chi connectivity index (χ0) is 17.8. The summed E-state index contributed by atoms with van der Waals surface area (Å²) in [6, 6.07) is 8.61. The van der Waals surface area contributed by atoms with Crippen LogP contribution in [-0.2, 0) is 20.0 Å². The highest BCUT2D eigenvalue weighted by atomic mass is 79.9. The van der Waals surface area contributed by atoms with Crippen molar-refractivity contribution in [1.29, 1.82) is 0 Å². The van der Waals surface area contributed by atoms with Crippen LogP contribution in [-0.4, -0.2) is 51.2 Å². The summed E-state index contributed by atoms with van der Waals surface area (Å²) in [7, 11) is 1.85. The molecule has 0 bridgehead atoms. The van der Waals surface area contributed by atoms with Gasteiger partial charge in [-0.05, 0) is 41.6 Å². The molecule has 7 heteroatoms. The molecule has 2 aliphatic heterocycles. The number of hydrogen-bond donors (Lipinski definition) is 0. The van der Waals surface area contributed by atoms with E-state index in [4.69, 9.17) is 0 Å². The van der Waals surface area contributed by atoms with Gasteiger partial charge >= 0.3 is 0 Å². The second-order valence-corrected chi connectivity index (χ2v) is 9.00. The number of halogens is 1. The van der Waals surface area contributed by atoms with Crippen LogP contribution in [0.5, 0.6) is 0 Å². The van der Waals surface area contributed by atoms with Gasteiger partial charge in [-0.1, -0.05) is 15.9 Å². The predicted molar refractivity (Wildman–Crippen MR) is 107 cm³/mol. The molecular formula is C19H19BrN4OS. The zero-order valence-electron chi connectivity index (χ0n) is 14.5. The van der Waals surface area contributed by atoms with Crippen LogP contribution in [0.2, 0.25) is 0 Å². The number of rotatable bonds is 2. The van der Waals surface area contributed by atoms with Crippen LogP contribution in [0.1, 0.15) is 20.9 Å². The Kier molecular flexibility index (Phi) is 3.92. The second-order valence-electron chi connectivity index (χ2n) is 7.09. The minimum atomic E-state index is 0.0850. The Labute approximate surface area is 164 Å². The molecule has 0 unspecified atom stereocenters. The summed E-state index contributed by atoms with van der Waals surface area (Å²) in [6.45, 7) is 3.74. The summed E-state index contributed by atoms with van der Waals surface area (Å²) in [5.41, 5.74) is 3.00. The zero-order valence-corrected chi connectivity index (χ0v) is 16.9. The van der Waals surface area contributed by atoms with E-state index in [-0.39, 0.29) is 5.91 Å². The molecule has 0 radical (unpaired) electrons. The Bertz CT molecular complexity index is 1000. The maximum atomic E-state index is 13.0. The van der Waals surface area contributed by atoms with Gasteiger partial charge < -0.3 is 4.90 Å². The van der Waals surface area contributed by atoms with Gasteiger partial charge in [0.2, 0.25) is 0 Å². The Morgan fingerprint density at radius 2 is 2.15 bits per heavy atom. The van der Waals surface area contributed by atoms with Crippen LogP contribution in [0.3, 0.4) is 0 Å². The molecule has 1 amide bonds. The van der Waals surface area contributed by atoms with Gasteiger partial charge in [-0.2, -0.15) is 5.10 Å². The van der Waals surface area contributed by atoms with Crippen molar-refractivity contribution < 1.29 is 4.79 Å². The fraction of sp³-hybridized carbons (Fsp3) is 0.368. The van der Waals surface area contributed by atoms with Gasteiger partial charge in [-0.3, -0.25) is 14.4 Å². The molecule has 1 aromatic carbocycles. The van der Waals surface area contributed by atoms with E-state index in [1.165, 1.54) is 10.4 Å². The molecule has 26 heavy (non-hydrogen) atoms. The third kappa shape index (κ3) is 2.61. The Morgan fingerprint density at radius 3 is 3.00 bits per heavy atom. The lowest BCUT2D eigenvalue weighted by molar-refractivity contribution is 0.0214. The van der Waals surface area contributed by atoms with Gasteiger partial charge in [-0.25, -0.2) is 0 Å². The van der Waals surface area contributed by atoms with E-state index >= 15 is 0 Å². The molecule has 5 rings (SSSR count). The molecule has 5 nitrogen and oxygen atoms in total. The second kappa shape index (κ2) is 6.18. The van der Waals surface area contributed by atoms with Crippen molar-refractivity contribution >= 4 is 44.1 Å². The molecule has 4 heterocycles. The molecule has 0 aliphatic carbocycles. The Balaban J connectivity index is 1.31. The first kappa shape index (κ1) is 16.5. The quantitative estimate of drug-likeness (QED) is 0.626. The Hall–Kier alpha value is -1.70. The molecule has 2 aliphatic rings. The summed E-state index contributed by atoms with van der Waals surface area (Å²) in [4.78, 5) is 19.0. The van der Waals surface area contributed by atoms with Crippen molar-refractivity contribution in [3.8, 4) is 0 Å². The van der Waals surface area contributed by atoms with Crippen molar-refractivity contribution in [2.24, 2.45) is 7.05 Å². The molecule has 1 saturated heterocycles. The normalized spacial score (nSPS) is 18.2. The summed E-state index contributed by atoms with van der Waals surface area (Å²) in [5.74, 6) is 0.0850. The smallest absolute Gasteiger partial charge is 0.272 e. The number of hydrogen-bond acceptors (Lipinski definition) is 4. The molecular weight excluding hydrogens is 412 g/mol. The first-order valence-corrected chi connectivity index (χ1v) is 10.5. The predicted octanol–water partition coefficient (Wildman–Crippen LogP) is 3.28. The van der Waals surface area contributed by atoms with E-state index in [1.54, 1.807) is 4.68 Å². The number of amides is 1. The average molecular weight is 431 g/mol. The molecule has 0 atom stereocenters. The van der Waals surface area contributed by atoms with Crippen LogP contribution in [0.25, 0.3) is 10.9 Å². The van der Waals surface area contributed by atoms with Crippen LogP contribution >= 0.6 is 27.3 Å². The van der Waals surface area contributed by atoms with Crippen molar-refractivity contribution in [1.82, 2.24) is 19.6 Å². The maximum Gasteiger partial charge on any atom is 0.272 e. The number of carbonyl (C=O) groups is 1. The van der Waals surface area contributed by atoms with E-state index in [9.17, 15) is 4.79 Å². The fourth-order valence-electron chi connectivity index (χ4n) is 4.01. The van der Waals surface area contributed by atoms with E-state index in [2.05, 4.69) is 37.4 Å². The highest BCUT2D eigenvalue weighted by Crippen LogP contribution is 2.29. The van der Waals surface area contributed by atoms with Gasteiger partial charge in [0, 0.05) is 54.0 Å². The number of likely N-dealkylation sites (tertiary alicyclic amines) is 1. The van der Waals surface area contributed by atoms with Crippen molar-refractivity contribution in [2.75, 3.05) is 19.6 Å². The number of fused-ring (bicyclic) bond motifs is 2. The Morgan fingerprint density at radius 1 is 1.31 bits per heavy atom. The molecule has 134 valence electrons. The molecule has 1 fully saturated rings. The topological polar surface area (TPSA) is 41.4 Å². The van der Waals surface area contributed by atoms with Gasteiger partial charge in [0.1, 0.15) is 5.69 Å². The monoisotopic (exact) mass is 430 g/mol. The minimum Gasteiger partial charge on any atom is -0.334 e. The number of thiophene rings is 1. The minimum absolute atomic E-state index is 0.0850. The molecule has 3 aromatic rings. The standard InChI is InChI=1S/C19H19BrN4OS/c1-22-18(15-3-2-13(20)8-16(15)21-22)19(25)24-10-14(11-24)23-6-4-17-12(9-23)5-7-26-17/h2-3,5,7-8,14H,4,6,9-11H2,1H3. The van der Waals surface area contributed by atoms with Crippen molar-refractivity contribution in [2.45, 2.75) is 19.0 Å². The average Bonchev–Trinajstić information content (AvgIpc) is 3.15. The summed E-state index contributed by atoms with van der Waals surface area (Å²) < 4.78 is 2.69. The van der Waals surface area contributed by atoms with Crippen molar-refractivity contribution in [3.05, 3.63) is 50.3 Å². The molecule has 2 aromatic heterocycles. The lowest BCUT2D eigenvalue weighted by Crippen LogP contribution is -2.61. The van der Waals surface area contributed by atoms with E-state index in [1.807, 2.05) is 41.5 Å². The number of nitrogens with zero attached hydrogens (tertiary/aromatic N) is 4. The molecule has 0 spiro atoms. The summed E-state index contributed by atoms with van der Waals surface area (Å²) in [6.07, 6.45) is 1.14. The van der Waals surface area contributed by atoms with Gasteiger partial charge in [0.25, 0.3) is 5.91 Å². The van der Waals surface area contributed by atoms with Gasteiger partial charge in [0.05, 0.1) is 5.52 Å². The van der Waals surface area contributed by atoms with Crippen molar-refractivity contribution in [3.63, 3.8) is 0 Å². The molecule has 0 saturated carbocycles. The first-order chi connectivity index (χ1) is 12.6. The highest BCUT2D eigenvalue weighted by Gasteiger charge is 2.37. The number of aryl methyl sites for hydroxylation is 1. The van der Waals surface area contributed by atoms with Crippen LogP contribution in [0.4, 0.5) is 0 Å². The van der Waals surface area contributed by atoms with E-state index in [0.717, 1.165) is 48.0 Å². The van der Waals surface area contributed by atoms with E-state index < -0.39 is 0 Å². The lowest BCUT2D eigenvalue weighted by Gasteiger charge is -2.46. The van der Waals surface area contributed by atoms with Gasteiger partial charge in [-0.15, -0.1) is 11.3 Å².